The number of carbonyl (C=O) groups is 1. The largest absolute Gasteiger partial charge is 0.399 e. The third-order valence-electron chi connectivity index (χ3n) is 3.70. The van der Waals surface area contributed by atoms with E-state index in [1.54, 1.807) is 18.2 Å². The number of hydrogen-bond donors (Lipinski definition) is 2. The first-order valence-corrected chi connectivity index (χ1v) is 6.90. The Morgan fingerprint density at radius 2 is 2.05 bits per heavy atom. The van der Waals surface area contributed by atoms with Crippen LogP contribution in [-0.4, -0.2) is 30.4 Å². The lowest BCUT2D eigenvalue weighted by molar-refractivity contribution is -0.117. The molecule has 1 amide bonds. The van der Waals surface area contributed by atoms with Crippen LogP contribution in [0.25, 0.3) is 0 Å². The summed E-state index contributed by atoms with van der Waals surface area (Å²) in [5.41, 5.74) is 6.82. The van der Waals surface area contributed by atoms with Gasteiger partial charge in [0.2, 0.25) is 5.91 Å². The van der Waals surface area contributed by atoms with Crippen molar-refractivity contribution in [1.29, 1.82) is 0 Å². The number of carbonyl (C=O) groups excluding carboxylic acids is 1. The van der Waals surface area contributed by atoms with E-state index in [-0.39, 0.29) is 5.91 Å². The monoisotopic (exact) mass is 281 g/mol. The molecule has 0 radical (unpaired) electrons. The first kappa shape index (κ1) is 14.2. The number of amides is 1. The summed E-state index contributed by atoms with van der Waals surface area (Å²) >= 11 is 6.03. The minimum atomic E-state index is -0.0343. The van der Waals surface area contributed by atoms with Crippen molar-refractivity contribution in [2.24, 2.45) is 11.8 Å². The molecule has 0 spiro atoms. The van der Waals surface area contributed by atoms with Gasteiger partial charge in [0.1, 0.15) is 0 Å². The second-order valence-electron chi connectivity index (χ2n) is 5.44. The Balaban J connectivity index is 1.91. The van der Waals surface area contributed by atoms with Gasteiger partial charge in [-0.25, -0.2) is 0 Å². The van der Waals surface area contributed by atoms with E-state index < -0.39 is 0 Å². The molecular formula is C14H20ClN3O. The zero-order valence-electron chi connectivity index (χ0n) is 11.3. The van der Waals surface area contributed by atoms with Gasteiger partial charge in [0.05, 0.1) is 17.3 Å². The van der Waals surface area contributed by atoms with Crippen LogP contribution in [-0.2, 0) is 4.79 Å². The first-order valence-electron chi connectivity index (χ1n) is 6.53. The number of hydrogen-bond acceptors (Lipinski definition) is 3. The number of nitrogens with two attached hydrogens (primary N) is 1. The molecule has 19 heavy (non-hydrogen) atoms. The molecule has 0 saturated carbocycles. The highest BCUT2D eigenvalue weighted by atomic mass is 35.5. The molecule has 1 fully saturated rings. The summed E-state index contributed by atoms with van der Waals surface area (Å²) in [7, 11) is 0. The van der Waals surface area contributed by atoms with Crippen LogP contribution >= 0.6 is 11.6 Å². The van der Waals surface area contributed by atoms with E-state index in [2.05, 4.69) is 24.1 Å². The second-order valence-corrected chi connectivity index (χ2v) is 5.84. The molecule has 1 aromatic carbocycles. The maximum atomic E-state index is 12.0. The van der Waals surface area contributed by atoms with Gasteiger partial charge in [-0.05, 0) is 30.0 Å². The SMILES string of the molecule is CC1CN(CC(=O)Nc2ccc(N)cc2Cl)CC1C. The lowest BCUT2D eigenvalue weighted by Gasteiger charge is -2.15. The topological polar surface area (TPSA) is 58.4 Å². The number of nitrogens with one attached hydrogen (secondary N) is 1. The summed E-state index contributed by atoms with van der Waals surface area (Å²) in [4.78, 5) is 14.2. The molecule has 2 atom stereocenters. The van der Waals surface area contributed by atoms with Gasteiger partial charge in [0.15, 0.2) is 0 Å². The summed E-state index contributed by atoms with van der Waals surface area (Å²) in [6.45, 7) is 6.81. The molecular weight excluding hydrogens is 262 g/mol. The van der Waals surface area contributed by atoms with Gasteiger partial charge in [-0.2, -0.15) is 0 Å². The van der Waals surface area contributed by atoms with Gasteiger partial charge in [-0.1, -0.05) is 25.4 Å². The standard InChI is InChI=1S/C14H20ClN3O/c1-9-6-18(7-10(9)2)8-14(19)17-13-4-3-11(16)5-12(13)15/h3-5,9-10H,6-8,16H2,1-2H3,(H,17,19). The highest BCUT2D eigenvalue weighted by Gasteiger charge is 2.27. The lowest BCUT2D eigenvalue weighted by atomic mass is 10.0. The van der Waals surface area contributed by atoms with Gasteiger partial charge in [-0.15, -0.1) is 0 Å². The van der Waals surface area contributed by atoms with Crippen molar-refractivity contribution in [3.63, 3.8) is 0 Å². The highest BCUT2D eigenvalue weighted by Crippen LogP contribution is 2.25. The van der Waals surface area contributed by atoms with Crippen LogP contribution in [0.4, 0.5) is 11.4 Å². The maximum absolute atomic E-state index is 12.0. The third kappa shape index (κ3) is 3.61. The fraction of sp³-hybridized carbons (Fsp3) is 0.500. The fourth-order valence-corrected chi connectivity index (χ4v) is 2.64. The van der Waals surface area contributed by atoms with Crippen LogP contribution in [0.15, 0.2) is 18.2 Å². The van der Waals surface area contributed by atoms with Gasteiger partial charge in [0.25, 0.3) is 0 Å². The van der Waals surface area contributed by atoms with Crippen molar-refractivity contribution in [3.05, 3.63) is 23.2 Å². The van der Waals surface area contributed by atoms with E-state index in [0.29, 0.717) is 34.8 Å². The van der Waals surface area contributed by atoms with Gasteiger partial charge >= 0.3 is 0 Å². The molecule has 0 aromatic heterocycles. The summed E-state index contributed by atoms with van der Waals surface area (Å²) < 4.78 is 0. The predicted molar refractivity (Wildman–Crippen MR) is 79.3 cm³/mol. The average molecular weight is 282 g/mol. The molecule has 104 valence electrons. The first-order chi connectivity index (χ1) is 8.95. The smallest absolute Gasteiger partial charge is 0.238 e. The van der Waals surface area contributed by atoms with Crippen LogP contribution in [0.1, 0.15) is 13.8 Å². The molecule has 5 heteroatoms. The molecule has 1 heterocycles. The van der Waals surface area contributed by atoms with E-state index in [1.807, 2.05) is 0 Å². The van der Waals surface area contributed by atoms with E-state index in [9.17, 15) is 4.79 Å². The van der Waals surface area contributed by atoms with Crippen LogP contribution in [0.2, 0.25) is 5.02 Å². The van der Waals surface area contributed by atoms with Crippen LogP contribution in [0.3, 0.4) is 0 Å². The Hall–Kier alpha value is -1.26. The van der Waals surface area contributed by atoms with Crippen molar-refractivity contribution < 1.29 is 4.79 Å². The zero-order chi connectivity index (χ0) is 14.0. The van der Waals surface area contributed by atoms with Crippen molar-refractivity contribution >= 4 is 28.9 Å². The molecule has 1 aromatic rings. The van der Waals surface area contributed by atoms with Crippen molar-refractivity contribution in [2.75, 3.05) is 30.7 Å². The molecule has 2 rings (SSSR count). The van der Waals surface area contributed by atoms with Crippen LogP contribution < -0.4 is 11.1 Å². The average Bonchev–Trinajstić information content (AvgIpc) is 2.62. The van der Waals surface area contributed by atoms with E-state index in [0.717, 1.165) is 13.1 Å². The van der Waals surface area contributed by atoms with Crippen LogP contribution in [0, 0.1) is 11.8 Å². The normalized spacial score (nSPS) is 23.5. The van der Waals surface area contributed by atoms with Gasteiger partial charge in [-0.3, -0.25) is 9.69 Å². The van der Waals surface area contributed by atoms with Gasteiger partial charge in [0, 0.05) is 18.8 Å². The number of anilines is 2. The van der Waals surface area contributed by atoms with Crippen LogP contribution in [0.5, 0.6) is 0 Å². The number of rotatable bonds is 3. The molecule has 4 nitrogen and oxygen atoms in total. The molecule has 3 N–H and O–H groups in total. The van der Waals surface area contributed by atoms with Gasteiger partial charge < -0.3 is 11.1 Å². The Morgan fingerprint density at radius 1 is 1.42 bits per heavy atom. The summed E-state index contributed by atoms with van der Waals surface area (Å²) in [5.74, 6) is 1.26. The van der Waals surface area contributed by atoms with Crippen molar-refractivity contribution in [1.82, 2.24) is 4.90 Å². The molecule has 0 aliphatic carbocycles. The summed E-state index contributed by atoms with van der Waals surface area (Å²) in [6, 6.07) is 5.09. The minimum Gasteiger partial charge on any atom is -0.399 e. The molecule has 1 aliphatic heterocycles. The van der Waals surface area contributed by atoms with E-state index >= 15 is 0 Å². The Labute approximate surface area is 118 Å². The Morgan fingerprint density at radius 3 is 2.63 bits per heavy atom. The maximum Gasteiger partial charge on any atom is 0.238 e. The highest BCUT2D eigenvalue weighted by molar-refractivity contribution is 6.34. The number of nitrogen functional groups attached to an aromatic ring is 1. The molecule has 1 aliphatic rings. The number of nitrogens with zero attached hydrogens (tertiary/aromatic N) is 1. The molecule has 2 unspecified atom stereocenters. The number of halogens is 1. The minimum absolute atomic E-state index is 0.0343. The Kier molecular flexibility index (Phi) is 4.32. The van der Waals surface area contributed by atoms with E-state index in [1.165, 1.54) is 0 Å². The van der Waals surface area contributed by atoms with E-state index in [4.69, 9.17) is 17.3 Å². The van der Waals surface area contributed by atoms with Crippen molar-refractivity contribution in [2.45, 2.75) is 13.8 Å². The molecule has 1 saturated heterocycles. The fourth-order valence-electron chi connectivity index (χ4n) is 2.40. The quantitative estimate of drug-likeness (QED) is 0.837. The number of likely N-dealkylation sites (tertiary alicyclic amines) is 1. The summed E-state index contributed by atoms with van der Waals surface area (Å²) in [5, 5.41) is 3.29. The zero-order valence-corrected chi connectivity index (χ0v) is 12.1. The Bertz CT molecular complexity index is 468. The summed E-state index contributed by atoms with van der Waals surface area (Å²) in [6.07, 6.45) is 0. The molecule has 0 bridgehead atoms. The number of benzene rings is 1. The lowest BCUT2D eigenvalue weighted by Crippen LogP contribution is -2.31. The van der Waals surface area contributed by atoms with Crippen molar-refractivity contribution in [3.8, 4) is 0 Å². The second kappa shape index (κ2) is 5.80. The third-order valence-corrected chi connectivity index (χ3v) is 4.01. The predicted octanol–water partition coefficient (Wildman–Crippen LogP) is 2.45.